The van der Waals surface area contributed by atoms with Crippen LogP contribution in [0.1, 0.15) is 33.1 Å². The zero-order chi connectivity index (χ0) is 11.1. The molecule has 15 heavy (non-hydrogen) atoms. The van der Waals surface area contributed by atoms with Crippen molar-refractivity contribution in [1.29, 1.82) is 0 Å². The first-order chi connectivity index (χ1) is 7.27. The fourth-order valence-electron chi connectivity index (χ4n) is 1.98. The highest BCUT2D eigenvalue weighted by molar-refractivity contribution is 5.73. The average molecular weight is 213 g/mol. The van der Waals surface area contributed by atoms with E-state index in [2.05, 4.69) is 10.6 Å². The predicted molar refractivity (Wildman–Crippen MR) is 62.0 cm³/mol. The molecule has 1 aliphatic heterocycles. The van der Waals surface area contributed by atoms with Crippen LogP contribution < -0.4 is 10.6 Å². The van der Waals surface area contributed by atoms with Crippen molar-refractivity contribution in [3.8, 4) is 0 Å². The first-order valence-corrected chi connectivity index (χ1v) is 6.04. The van der Waals surface area contributed by atoms with E-state index in [0.717, 1.165) is 32.6 Å². The normalized spacial score (nSPS) is 20.3. The molecule has 1 aliphatic rings. The van der Waals surface area contributed by atoms with Crippen molar-refractivity contribution in [2.75, 3.05) is 26.2 Å². The highest BCUT2D eigenvalue weighted by Gasteiger charge is 2.14. The molecular formula is C11H23N3O. The largest absolute Gasteiger partial charge is 0.338 e. The van der Waals surface area contributed by atoms with Gasteiger partial charge in [-0.3, -0.25) is 0 Å². The van der Waals surface area contributed by atoms with E-state index in [9.17, 15) is 4.79 Å². The summed E-state index contributed by atoms with van der Waals surface area (Å²) in [5.41, 5.74) is 0. The Morgan fingerprint density at radius 2 is 2.20 bits per heavy atom. The fourth-order valence-corrected chi connectivity index (χ4v) is 1.98. The highest BCUT2D eigenvalue weighted by atomic mass is 16.2. The summed E-state index contributed by atoms with van der Waals surface area (Å²) in [6.45, 7) is 7.49. The average Bonchev–Trinajstić information content (AvgIpc) is 2.72. The molecule has 0 aliphatic carbocycles. The molecule has 0 radical (unpaired) electrons. The van der Waals surface area contributed by atoms with Gasteiger partial charge in [-0.05, 0) is 39.7 Å². The van der Waals surface area contributed by atoms with Gasteiger partial charge in [0.25, 0.3) is 0 Å². The van der Waals surface area contributed by atoms with E-state index in [4.69, 9.17) is 0 Å². The third-order valence-corrected chi connectivity index (χ3v) is 2.98. The molecule has 88 valence electrons. The van der Waals surface area contributed by atoms with Crippen LogP contribution in [0.25, 0.3) is 0 Å². The van der Waals surface area contributed by atoms with E-state index in [1.165, 1.54) is 12.8 Å². The Morgan fingerprint density at radius 3 is 2.73 bits per heavy atom. The van der Waals surface area contributed by atoms with E-state index in [1.807, 2.05) is 18.7 Å². The number of nitrogens with one attached hydrogen (secondary N) is 2. The van der Waals surface area contributed by atoms with Crippen molar-refractivity contribution in [2.24, 2.45) is 0 Å². The lowest BCUT2D eigenvalue weighted by Gasteiger charge is -2.19. The number of amides is 2. The Morgan fingerprint density at radius 1 is 1.47 bits per heavy atom. The third kappa shape index (κ3) is 4.08. The standard InChI is InChI=1S/C11H23N3O/c1-3-14(4-2)11(15)13-9-7-10-6-5-8-12-10/h10,12H,3-9H2,1-2H3,(H,13,15). The van der Waals surface area contributed by atoms with Crippen LogP contribution in [-0.4, -0.2) is 43.2 Å². The van der Waals surface area contributed by atoms with E-state index in [-0.39, 0.29) is 6.03 Å². The number of hydrogen-bond donors (Lipinski definition) is 2. The SMILES string of the molecule is CCN(CC)C(=O)NCCC1CCCN1. The van der Waals surface area contributed by atoms with Gasteiger partial charge >= 0.3 is 6.03 Å². The number of carbonyl (C=O) groups is 1. The molecule has 1 saturated heterocycles. The molecule has 1 rings (SSSR count). The zero-order valence-corrected chi connectivity index (χ0v) is 9.88. The smallest absolute Gasteiger partial charge is 0.317 e. The van der Waals surface area contributed by atoms with Gasteiger partial charge in [0.2, 0.25) is 0 Å². The summed E-state index contributed by atoms with van der Waals surface area (Å²) in [6.07, 6.45) is 3.57. The van der Waals surface area contributed by atoms with Crippen molar-refractivity contribution in [3.05, 3.63) is 0 Å². The Labute approximate surface area is 92.4 Å². The van der Waals surface area contributed by atoms with Gasteiger partial charge in [0.15, 0.2) is 0 Å². The molecule has 2 amide bonds. The van der Waals surface area contributed by atoms with Gasteiger partial charge in [0, 0.05) is 25.7 Å². The van der Waals surface area contributed by atoms with E-state index in [1.54, 1.807) is 0 Å². The second kappa shape index (κ2) is 6.67. The lowest BCUT2D eigenvalue weighted by molar-refractivity contribution is 0.203. The summed E-state index contributed by atoms with van der Waals surface area (Å²) in [5, 5.41) is 6.38. The Hall–Kier alpha value is -0.770. The van der Waals surface area contributed by atoms with Crippen LogP contribution in [-0.2, 0) is 0 Å². The minimum Gasteiger partial charge on any atom is -0.338 e. The topological polar surface area (TPSA) is 44.4 Å². The number of hydrogen-bond acceptors (Lipinski definition) is 2. The summed E-state index contributed by atoms with van der Waals surface area (Å²) >= 11 is 0. The van der Waals surface area contributed by atoms with Crippen molar-refractivity contribution < 1.29 is 4.79 Å². The minimum atomic E-state index is 0.0676. The number of rotatable bonds is 5. The molecule has 0 aromatic carbocycles. The van der Waals surface area contributed by atoms with Gasteiger partial charge in [-0.15, -0.1) is 0 Å². The van der Waals surface area contributed by atoms with Crippen molar-refractivity contribution >= 4 is 6.03 Å². The maximum absolute atomic E-state index is 11.6. The van der Waals surface area contributed by atoms with Crippen molar-refractivity contribution in [1.82, 2.24) is 15.5 Å². The summed E-state index contributed by atoms with van der Waals surface area (Å²) < 4.78 is 0. The molecule has 4 heteroatoms. The van der Waals surface area contributed by atoms with Crippen LogP contribution in [0.15, 0.2) is 0 Å². The predicted octanol–water partition coefficient (Wildman–Crippen LogP) is 1.18. The summed E-state index contributed by atoms with van der Waals surface area (Å²) in [6, 6.07) is 0.681. The van der Waals surface area contributed by atoms with Crippen LogP contribution in [0, 0.1) is 0 Å². The van der Waals surface area contributed by atoms with Gasteiger partial charge in [-0.1, -0.05) is 0 Å². The van der Waals surface area contributed by atoms with Gasteiger partial charge in [0.1, 0.15) is 0 Å². The Balaban J connectivity index is 2.10. The van der Waals surface area contributed by atoms with Gasteiger partial charge in [-0.2, -0.15) is 0 Å². The van der Waals surface area contributed by atoms with Crippen LogP contribution in [0.4, 0.5) is 4.79 Å². The van der Waals surface area contributed by atoms with E-state index in [0.29, 0.717) is 6.04 Å². The minimum absolute atomic E-state index is 0.0676. The number of urea groups is 1. The molecule has 0 spiro atoms. The molecule has 0 bridgehead atoms. The number of nitrogens with zero attached hydrogens (tertiary/aromatic N) is 1. The molecule has 1 unspecified atom stereocenters. The fraction of sp³-hybridized carbons (Fsp3) is 0.909. The van der Waals surface area contributed by atoms with Crippen molar-refractivity contribution in [2.45, 2.75) is 39.2 Å². The summed E-state index contributed by atoms with van der Waals surface area (Å²) in [4.78, 5) is 13.4. The van der Waals surface area contributed by atoms with E-state index < -0.39 is 0 Å². The first-order valence-electron chi connectivity index (χ1n) is 6.04. The molecule has 1 fully saturated rings. The third-order valence-electron chi connectivity index (χ3n) is 2.98. The Kier molecular flexibility index (Phi) is 5.47. The quantitative estimate of drug-likeness (QED) is 0.720. The maximum Gasteiger partial charge on any atom is 0.317 e. The molecule has 4 nitrogen and oxygen atoms in total. The summed E-state index contributed by atoms with van der Waals surface area (Å²) in [5.74, 6) is 0. The molecule has 2 N–H and O–H groups in total. The second-order valence-corrected chi connectivity index (χ2v) is 3.99. The molecule has 0 aromatic rings. The second-order valence-electron chi connectivity index (χ2n) is 3.99. The summed E-state index contributed by atoms with van der Waals surface area (Å²) in [7, 11) is 0. The van der Waals surface area contributed by atoms with Crippen LogP contribution in [0.2, 0.25) is 0 Å². The molecule has 0 aromatic heterocycles. The zero-order valence-electron chi connectivity index (χ0n) is 9.88. The maximum atomic E-state index is 11.6. The van der Waals surface area contributed by atoms with Crippen LogP contribution >= 0.6 is 0 Å². The van der Waals surface area contributed by atoms with Crippen molar-refractivity contribution in [3.63, 3.8) is 0 Å². The first kappa shape index (κ1) is 12.3. The van der Waals surface area contributed by atoms with Crippen LogP contribution in [0.3, 0.4) is 0 Å². The lowest BCUT2D eigenvalue weighted by atomic mass is 10.1. The van der Waals surface area contributed by atoms with E-state index >= 15 is 0 Å². The monoisotopic (exact) mass is 213 g/mol. The van der Waals surface area contributed by atoms with Gasteiger partial charge < -0.3 is 15.5 Å². The van der Waals surface area contributed by atoms with Crippen LogP contribution in [0.5, 0.6) is 0 Å². The molecule has 1 heterocycles. The highest BCUT2D eigenvalue weighted by Crippen LogP contribution is 2.07. The molecule has 1 atom stereocenters. The number of carbonyl (C=O) groups excluding carboxylic acids is 1. The lowest BCUT2D eigenvalue weighted by Crippen LogP contribution is -2.41. The van der Waals surface area contributed by atoms with Gasteiger partial charge in [-0.25, -0.2) is 4.79 Å². The van der Waals surface area contributed by atoms with Gasteiger partial charge in [0.05, 0.1) is 0 Å². The Bertz CT molecular complexity index is 186. The molecular weight excluding hydrogens is 190 g/mol. The molecule has 0 saturated carbocycles.